The summed E-state index contributed by atoms with van der Waals surface area (Å²) in [5.74, 6) is 0.392. The van der Waals surface area contributed by atoms with Crippen LogP contribution in [0.3, 0.4) is 0 Å². The van der Waals surface area contributed by atoms with E-state index in [1.165, 1.54) is 0 Å². The van der Waals surface area contributed by atoms with E-state index in [4.69, 9.17) is 0 Å². The Kier molecular flexibility index (Phi) is 1.90. The zero-order valence-electron chi connectivity index (χ0n) is 5.12. The molecule has 0 aromatic rings. The van der Waals surface area contributed by atoms with Crippen molar-refractivity contribution in [2.24, 2.45) is 5.92 Å². The highest BCUT2D eigenvalue weighted by atomic mass is 32.2. The summed E-state index contributed by atoms with van der Waals surface area (Å²) in [7, 11) is -2.15. The van der Waals surface area contributed by atoms with Crippen LogP contribution in [0.2, 0.25) is 0 Å². The van der Waals surface area contributed by atoms with E-state index in [1.807, 2.05) is 0 Å². The molecule has 0 aliphatic heterocycles. The smallest absolute Gasteiger partial charge is 0.143 e. The van der Waals surface area contributed by atoms with Gasteiger partial charge in [-0.05, 0) is 18.8 Å². The Morgan fingerprint density at radius 2 is 2.33 bits per heavy atom. The molecule has 2 unspecified atom stereocenters. The van der Waals surface area contributed by atoms with E-state index in [1.54, 1.807) is 6.08 Å². The first kappa shape index (κ1) is 6.81. The van der Waals surface area contributed by atoms with Crippen molar-refractivity contribution in [1.82, 2.24) is 0 Å². The van der Waals surface area contributed by atoms with Crippen LogP contribution in [0.15, 0.2) is 12.7 Å². The van der Waals surface area contributed by atoms with Gasteiger partial charge in [-0.1, -0.05) is 6.08 Å². The molecule has 0 heterocycles. The zero-order valence-corrected chi connectivity index (χ0v) is 6.01. The maximum atomic E-state index is 10.2. The molecule has 1 fully saturated rings. The lowest BCUT2D eigenvalue weighted by atomic mass is 10.3. The van der Waals surface area contributed by atoms with Gasteiger partial charge in [-0.25, -0.2) is 8.42 Å². The molecule has 1 rings (SSSR count). The molecule has 1 saturated carbocycles. The summed E-state index contributed by atoms with van der Waals surface area (Å²) in [5.41, 5.74) is 0. The van der Waals surface area contributed by atoms with Crippen LogP contribution >= 0.6 is 0 Å². The quantitative estimate of drug-likeness (QED) is 0.466. The molecule has 0 aromatic carbocycles. The average molecular weight is 146 g/mol. The normalized spacial score (nSPS) is 32.6. The monoisotopic (exact) mass is 146 g/mol. The van der Waals surface area contributed by atoms with E-state index >= 15 is 0 Å². The van der Waals surface area contributed by atoms with Gasteiger partial charge in [-0.3, -0.25) is 0 Å². The Morgan fingerprint density at radius 1 is 1.67 bits per heavy atom. The van der Waals surface area contributed by atoms with Gasteiger partial charge in [0.1, 0.15) is 10.7 Å². The van der Waals surface area contributed by atoms with Crippen molar-refractivity contribution in [2.75, 3.05) is 0 Å². The van der Waals surface area contributed by atoms with Gasteiger partial charge in [0.25, 0.3) is 0 Å². The number of thiol groups is 1. The molecule has 2 atom stereocenters. The topological polar surface area (TPSA) is 34.1 Å². The summed E-state index contributed by atoms with van der Waals surface area (Å²) in [6, 6.07) is 0. The summed E-state index contributed by atoms with van der Waals surface area (Å²) in [6.07, 6.45) is 3.49. The third kappa shape index (κ3) is 1.55. The largest absolute Gasteiger partial charge is 0.232 e. The third-order valence-corrected chi connectivity index (χ3v) is 2.80. The van der Waals surface area contributed by atoms with Crippen LogP contribution in [0, 0.1) is 5.92 Å². The predicted octanol–water partition coefficient (Wildman–Crippen LogP) is 0.562. The molecular weight excluding hydrogens is 136 g/mol. The lowest BCUT2D eigenvalue weighted by Crippen LogP contribution is -1.88. The SMILES string of the molecule is C=CCC1CC1[SH](=O)=O. The zero-order chi connectivity index (χ0) is 6.85. The Labute approximate surface area is 56.5 Å². The van der Waals surface area contributed by atoms with Crippen molar-refractivity contribution in [3.63, 3.8) is 0 Å². The summed E-state index contributed by atoms with van der Waals surface area (Å²) in [5, 5.41) is -0.0296. The number of rotatable bonds is 3. The van der Waals surface area contributed by atoms with Crippen molar-refractivity contribution in [1.29, 1.82) is 0 Å². The molecule has 3 heteroatoms. The van der Waals surface area contributed by atoms with Crippen LogP contribution in [0.25, 0.3) is 0 Å². The molecule has 52 valence electrons. The molecular formula is C6H10O2S. The van der Waals surface area contributed by atoms with Gasteiger partial charge in [0.15, 0.2) is 0 Å². The summed E-state index contributed by atoms with van der Waals surface area (Å²) >= 11 is 0. The molecule has 9 heavy (non-hydrogen) atoms. The third-order valence-electron chi connectivity index (χ3n) is 1.63. The highest BCUT2D eigenvalue weighted by Gasteiger charge is 2.38. The molecule has 0 radical (unpaired) electrons. The Hall–Kier alpha value is -0.310. The number of hydrogen-bond donors (Lipinski definition) is 1. The van der Waals surface area contributed by atoms with E-state index in [0.29, 0.717) is 5.92 Å². The summed E-state index contributed by atoms with van der Waals surface area (Å²) < 4.78 is 20.5. The summed E-state index contributed by atoms with van der Waals surface area (Å²) in [4.78, 5) is 0. The minimum atomic E-state index is -2.15. The Morgan fingerprint density at radius 3 is 2.67 bits per heavy atom. The molecule has 0 N–H and O–H groups in total. The lowest BCUT2D eigenvalue weighted by molar-refractivity contribution is 0.611. The first-order valence-electron chi connectivity index (χ1n) is 3.00. The van der Waals surface area contributed by atoms with Gasteiger partial charge >= 0.3 is 0 Å². The predicted molar refractivity (Wildman–Crippen MR) is 37.0 cm³/mol. The van der Waals surface area contributed by atoms with Crippen LogP contribution in [-0.4, -0.2) is 13.7 Å². The second kappa shape index (κ2) is 2.52. The van der Waals surface area contributed by atoms with Crippen molar-refractivity contribution in [3.8, 4) is 0 Å². The highest BCUT2D eigenvalue weighted by Crippen LogP contribution is 2.36. The molecule has 0 saturated heterocycles. The van der Waals surface area contributed by atoms with Gasteiger partial charge in [0, 0.05) is 0 Å². The second-order valence-corrected chi connectivity index (χ2v) is 3.61. The first-order chi connectivity index (χ1) is 4.25. The Bertz CT molecular complexity index is 175. The van der Waals surface area contributed by atoms with E-state index in [9.17, 15) is 8.42 Å². The van der Waals surface area contributed by atoms with Gasteiger partial charge in [0.05, 0.1) is 5.25 Å². The van der Waals surface area contributed by atoms with Crippen LogP contribution in [0.4, 0.5) is 0 Å². The van der Waals surface area contributed by atoms with Crippen LogP contribution < -0.4 is 0 Å². The fourth-order valence-electron chi connectivity index (χ4n) is 0.957. The fourth-order valence-corrected chi connectivity index (χ4v) is 1.87. The van der Waals surface area contributed by atoms with Crippen molar-refractivity contribution < 1.29 is 8.42 Å². The molecule has 0 bridgehead atoms. The van der Waals surface area contributed by atoms with Crippen molar-refractivity contribution in [2.45, 2.75) is 18.1 Å². The van der Waals surface area contributed by atoms with E-state index < -0.39 is 10.7 Å². The van der Waals surface area contributed by atoms with Gasteiger partial charge in [-0.2, -0.15) is 0 Å². The molecule has 0 aromatic heterocycles. The molecule has 2 nitrogen and oxygen atoms in total. The average Bonchev–Trinajstić information content (AvgIpc) is 2.47. The van der Waals surface area contributed by atoms with Crippen LogP contribution in [0.1, 0.15) is 12.8 Å². The summed E-state index contributed by atoms with van der Waals surface area (Å²) in [6.45, 7) is 3.54. The van der Waals surface area contributed by atoms with Gasteiger partial charge in [-0.15, -0.1) is 6.58 Å². The second-order valence-electron chi connectivity index (χ2n) is 2.37. The Balaban J connectivity index is 2.32. The van der Waals surface area contributed by atoms with E-state index in [-0.39, 0.29) is 5.25 Å². The molecule has 1 aliphatic carbocycles. The van der Waals surface area contributed by atoms with Gasteiger partial charge < -0.3 is 0 Å². The van der Waals surface area contributed by atoms with Crippen LogP contribution in [-0.2, 0) is 10.7 Å². The minimum absolute atomic E-state index is 0.0296. The van der Waals surface area contributed by atoms with E-state index in [2.05, 4.69) is 6.58 Å². The fraction of sp³-hybridized carbons (Fsp3) is 0.667. The number of allylic oxidation sites excluding steroid dienone is 1. The lowest BCUT2D eigenvalue weighted by Gasteiger charge is -1.82. The minimum Gasteiger partial charge on any atom is -0.232 e. The van der Waals surface area contributed by atoms with Crippen LogP contribution in [0.5, 0.6) is 0 Å². The van der Waals surface area contributed by atoms with Gasteiger partial charge in [0.2, 0.25) is 0 Å². The molecule has 0 spiro atoms. The van der Waals surface area contributed by atoms with Crippen molar-refractivity contribution >= 4 is 10.7 Å². The number of hydrogen-bond acceptors (Lipinski definition) is 2. The maximum Gasteiger partial charge on any atom is 0.143 e. The maximum absolute atomic E-state index is 10.2. The van der Waals surface area contributed by atoms with Crippen molar-refractivity contribution in [3.05, 3.63) is 12.7 Å². The van der Waals surface area contributed by atoms with E-state index in [0.717, 1.165) is 12.8 Å². The standard InChI is InChI=1S/C6H10O2S/c1-2-3-5-4-6(5)9(7)8/h2,5-6,9H,1,3-4H2. The molecule has 1 aliphatic rings. The molecule has 0 amide bonds. The first-order valence-corrected chi connectivity index (χ1v) is 4.24. The highest BCUT2D eigenvalue weighted by molar-refractivity contribution is 7.73.